The summed E-state index contributed by atoms with van der Waals surface area (Å²) < 4.78 is 6.23. The Hall–Kier alpha value is -0.340. The molecule has 0 bridgehead atoms. The molecule has 7 atom stereocenters. The highest BCUT2D eigenvalue weighted by Crippen LogP contribution is 2.69. The molecule has 0 aromatic rings. The molecule has 2 nitrogen and oxygen atoms in total. The first-order valence-electron chi connectivity index (χ1n) is 10.0. The van der Waals surface area contributed by atoms with Gasteiger partial charge < -0.3 is 9.84 Å². The van der Waals surface area contributed by atoms with Crippen molar-refractivity contribution >= 4 is 0 Å². The normalized spacial score (nSPS) is 58.0. The van der Waals surface area contributed by atoms with Crippen LogP contribution in [0.1, 0.15) is 71.6 Å². The maximum absolute atomic E-state index is 10.1. The number of aliphatic hydroxyl groups is 1. The summed E-state index contributed by atoms with van der Waals surface area (Å²) in [5, 5.41) is 10.1. The number of hydrogen-bond acceptors (Lipinski definition) is 2. The van der Waals surface area contributed by atoms with Gasteiger partial charge in [-0.2, -0.15) is 0 Å². The number of fused-ring (bicyclic) bond motifs is 6. The lowest BCUT2D eigenvalue weighted by molar-refractivity contribution is -0.225. The zero-order valence-electron chi connectivity index (χ0n) is 14.8. The fraction of sp³-hybridized carbons (Fsp3) is 0.905. The lowest BCUT2D eigenvalue weighted by atomic mass is 9.46. The van der Waals surface area contributed by atoms with Gasteiger partial charge in [0.25, 0.3) is 0 Å². The summed E-state index contributed by atoms with van der Waals surface area (Å²) in [5.74, 6) is 2.58. The monoisotopic (exact) mass is 316 g/mol. The summed E-state index contributed by atoms with van der Waals surface area (Å²) in [6, 6.07) is 0. The quantitative estimate of drug-likeness (QED) is 0.668. The first-order valence-corrected chi connectivity index (χ1v) is 10.0. The molecule has 1 heterocycles. The van der Waals surface area contributed by atoms with Crippen LogP contribution in [-0.2, 0) is 4.74 Å². The Bertz CT molecular complexity index is 548. The van der Waals surface area contributed by atoms with Gasteiger partial charge in [-0.3, -0.25) is 0 Å². The van der Waals surface area contributed by atoms with Gasteiger partial charge in [0.2, 0.25) is 0 Å². The van der Waals surface area contributed by atoms with E-state index in [-0.39, 0.29) is 11.7 Å². The van der Waals surface area contributed by atoms with E-state index in [2.05, 4.69) is 19.9 Å². The predicted octanol–water partition coefficient (Wildman–Crippen LogP) is 4.47. The van der Waals surface area contributed by atoms with Crippen LogP contribution in [0.15, 0.2) is 11.6 Å². The van der Waals surface area contributed by atoms with Crippen LogP contribution >= 0.6 is 0 Å². The van der Waals surface area contributed by atoms with Gasteiger partial charge in [0.15, 0.2) is 0 Å². The second kappa shape index (κ2) is 4.64. The summed E-state index contributed by atoms with van der Waals surface area (Å²) >= 11 is 0. The Balaban J connectivity index is 1.49. The number of ether oxygens (including phenoxy) is 1. The topological polar surface area (TPSA) is 29.5 Å². The smallest absolute Gasteiger partial charge is 0.0760 e. The SMILES string of the molecule is C[C@]12CC[C@@H](O)CC1=CC[C@H]1[C@H]2CC[C@@]2(C)[C@H]1CC[C@@]21CCO1. The summed E-state index contributed by atoms with van der Waals surface area (Å²) in [6.45, 7) is 6.08. The molecule has 128 valence electrons. The van der Waals surface area contributed by atoms with Gasteiger partial charge in [-0.25, -0.2) is 0 Å². The maximum atomic E-state index is 10.1. The third kappa shape index (κ3) is 1.73. The molecule has 1 aliphatic heterocycles. The summed E-state index contributed by atoms with van der Waals surface area (Å²) in [5.41, 5.74) is 2.65. The van der Waals surface area contributed by atoms with Gasteiger partial charge in [-0.05, 0) is 80.0 Å². The van der Waals surface area contributed by atoms with Gasteiger partial charge in [0.05, 0.1) is 18.3 Å². The zero-order valence-corrected chi connectivity index (χ0v) is 14.8. The van der Waals surface area contributed by atoms with E-state index >= 15 is 0 Å². The van der Waals surface area contributed by atoms with Crippen molar-refractivity contribution in [2.24, 2.45) is 28.6 Å². The standard InChI is InChI=1S/C21H32O2/c1-19-8-5-15(22)13-14(19)3-4-16-17(19)6-9-20(2)18(16)7-10-21(20)11-12-23-21/h3,15-18,22H,4-13H2,1-2H3/t15-,16+,17-,18+,19+,20+,21-/m1/s1. The van der Waals surface area contributed by atoms with Crippen LogP contribution < -0.4 is 0 Å². The molecule has 2 heteroatoms. The molecule has 0 radical (unpaired) electrons. The second-order valence-electron chi connectivity index (χ2n) is 9.74. The van der Waals surface area contributed by atoms with E-state index in [1.807, 2.05) is 0 Å². The summed E-state index contributed by atoms with van der Waals surface area (Å²) in [6.07, 6.45) is 13.6. The molecule has 4 fully saturated rings. The van der Waals surface area contributed by atoms with E-state index in [0.29, 0.717) is 10.8 Å². The molecule has 3 saturated carbocycles. The molecule has 0 unspecified atom stereocenters. The highest BCUT2D eigenvalue weighted by molar-refractivity contribution is 5.26. The van der Waals surface area contributed by atoms with E-state index < -0.39 is 0 Å². The van der Waals surface area contributed by atoms with Crippen LogP contribution in [0.5, 0.6) is 0 Å². The molecule has 1 spiro atoms. The van der Waals surface area contributed by atoms with E-state index in [1.54, 1.807) is 5.57 Å². The second-order valence-corrected chi connectivity index (χ2v) is 9.74. The molecule has 5 aliphatic rings. The van der Waals surface area contributed by atoms with Crippen LogP contribution in [0.25, 0.3) is 0 Å². The number of rotatable bonds is 0. The third-order valence-electron chi connectivity index (χ3n) is 9.25. The highest BCUT2D eigenvalue weighted by Gasteiger charge is 2.66. The maximum Gasteiger partial charge on any atom is 0.0760 e. The molecule has 1 saturated heterocycles. The first-order chi connectivity index (χ1) is 11.0. The predicted molar refractivity (Wildman–Crippen MR) is 91.0 cm³/mol. The Morgan fingerprint density at radius 2 is 1.83 bits per heavy atom. The molecule has 23 heavy (non-hydrogen) atoms. The van der Waals surface area contributed by atoms with E-state index in [1.165, 1.54) is 44.9 Å². The van der Waals surface area contributed by atoms with Crippen molar-refractivity contribution < 1.29 is 9.84 Å². The molecule has 0 amide bonds. The third-order valence-corrected chi connectivity index (χ3v) is 9.25. The molecule has 0 aromatic heterocycles. The average Bonchev–Trinajstić information content (AvgIpc) is 2.81. The van der Waals surface area contributed by atoms with Gasteiger partial charge in [0, 0.05) is 6.42 Å². The van der Waals surface area contributed by atoms with E-state index in [0.717, 1.165) is 37.2 Å². The fourth-order valence-electron chi connectivity index (χ4n) is 7.73. The van der Waals surface area contributed by atoms with Crippen molar-refractivity contribution in [1.29, 1.82) is 0 Å². The Kier molecular flexibility index (Phi) is 3.01. The number of hydrogen-bond donors (Lipinski definition) is 1. The number of aliphatic hydroxyl groups excluding tert-OH is 1. The van der Waals surface area contributed by atoms with Gasteiger partial charge in [0.1, 0.15) is 0 Å². The van der Waals surface area contributed by atoms with Crippen LogP contribution in [0.3, 0.4) is 0 Å². The first kappa shape index (κ1) is 15.0. The van der Waals surface area contributed by atoms with Crippen LogP contribution in [0, 0.1) is 28.6 Å². The average molecular weight is 316 g/mol. The molecule has 0 aromatic carbocycles. The molecular weight excluding hydrogens is 284 g/mol. The van der Waals surface area contributed by atoms with Crippen molar-refractivity contribution in [2.75, 3.05) is 6.61 Å². The molecular formula is C21H32O2. The summed E-state index contributed by atoms with van der Waals surface area (Å²) in [4.78, 5) is 0. The van der Waals surface area contributed by atoms with E-state index in [9.17, 15) is 5.11 Å². The minimum atomic E-state index is -0.0853. The van der Waals surface area contributed by atoms with E-state index in [4.69, 9.17) is 4.74 Å². The fourth-order valence-corrected chi connectivity index (χ4v) is 7.73. The Labute approximate surface area is 140 Å². The van der Waals surface area contributed by atoms with Crippen molar-refractivity contribution in [3.05, 3.63) is 11.6 Å². The largest absolute Gasteiger partial charge is 0.393 e. The minimum absolute atomic E-state index is 0.0853. The summed E-state index contributed by atoms with van der Waals surface area (Å²) in [7, 11) is 0. The highest BCUT2D eigenvalue weighted by atomic mass is 16.5. The van der Waals surface area contributed by atoms with Crippen LogP contribution in [0.2, 0.25) is 0 Å². The van der Waals surface area contributed by atoms with Crippen LogP contribution in [-0.4, -0.2) is 23.4 Å². The van der Waals surface area contributed by atoms with Gasteiger partial charge >= 0.3 is 0 Å². The van der Waals surface area contributed by atoms with Crippen LogP contribution in [0.4, 0.5) is 0 Å². The van der Waals surface area contributed by atoms with Crippen molar-refractivity contribution in [3.8, 4) is 0 Å². The van der Waals surface area contributed by atoms with Crippen molar-refractivity contribution in [2.45, 2.75) is 83.3 Å². The molecule has 1 N–H and O–H groups in total. The Morgan fingerprint density at radius 3 is 2.57 bits per heavy atom. The lowest BCUT2D eigenvalue weighted by Gasteiger charge is -2.61. The minimum Gasteiger partial charge on any atom is -0.393 e. The molecule has 4 aliphatic carbocycles. The van der Waals surface area contributed by atoms with Gasteiger partial charge in [-0.1, -0.05) is 25.5 Å². The Morgan fingerprint density at radius 1 is 1.04 bits per heavy atom. The van der Waals surface area contributed by atoms with Gasteiger partial charge in [-0.15, -0.1) is 0 Å². The lowest BCUT2D eigenvalue weighted by Crippen LogP contribution is -2.59. The molecule has 5 rings (SSSR count). The van der Waals surface area contributed by atoms with Crippen molar-refractivity contribution in [1.82, 2.24) is 0 Å². The number of allylic oxidation sites excluding steroid dienone is 1. The van der Waals surface area contributed by atoms with Crippen molar-refractivity contribution in [3.63, 3.8) is 0 Å². The zero-order chi connectivity index (χ0) is 15.9.